The van der Waals surface area contributed by atoms with Gasteiger partial charge >= 0.3 is 0 Å². The molecule has 1 saturated heterocycles. The quantitative estimate of drug-likeness (QED) is 0.912. The van der Waals surface area contributed by atoms with E-state index < -0.39 is 6.10 Å². The van der Waals surface area contributed by atoms with Crippen LogP contribution >= 0.6 is 0 Å². The van der Waals surface area contributed by atoms with Crippen LogP contribution in [0.3, 0.4) is 0 Å². The fraction of sp³-hybridized carbons (Fsp3) is 0.562. The number of hydrogen-bond acceptors (Lipinski definition) is 3. The molecule has 0 saturated carbocycles. The molecule has 0 spiro atoms. The number of amides is 1. The third kappa shape index (κ3) is 3.97. The number of nitrogens with one attached hydrogen (secondary N) is 1. The molecular formula is C16H24N2O2. The Morgan fingerprint density at radius 2 is 2.25 bits per heavy atom. The Kier molecular flexibility index (Phi) is 5.41. The van der Waals surface area contributed by atoms with E-state index in [0.717, 1.165) is 44.8 Å². The van der Waals surface area contributed by atoms with Gasteiger partial charge in [0.25, 0.3) is 5.91 Å². The molecule has 1 aliphatic heterocycles. The van der Waals surface area contributed by atoms with Gasteiger partial charge in [0.1, 0.15) is 5.75 Å². The molecule has 1 aliphatic rings. The minimum atomic E-state index is -0.430. The number of rotatable bonds is 4. The maximum absolute atomic E-state index is 12.4. The Balaban J connectivity index is 1.95. The number of carbonyl (C=O) groups excluding carboxylic acids is 1. The van der Waals surface area contributed by atoms with Crippen LogP contribution in [-0.2, 0) is 11.2 Å². The zero-order valence-corrected chi connectivity index (χ0v) is 12.4. The van der Waals surface area contributed by atoms with E-state index in [1.807, 2.05) is 30.0 Å². The molecule has 1 amide bonds. The first kappa shape index (κ1) is 14.9. The van der Waals surface area contributed by atoms with Crippen LogP contribution in [0.1, 0.15) is 25.8 Å². The average molecular weight is 276 g/mol. The molecule has 1 fully saturated rings. The summed E-state index contributed by atoms with van der Waals surface area (Å²) in [4.78, 5) is 14.3. The molecule has 1 N–H and O–H groups in total. The van der Waals surface area contributed by atoms with Gasteiger partial charge in [0, 0.05) is 19.6 Å². The number of nitrogens with zero attached hydrogens (tertiary/aromatic N) is 1. The summed E-state index contributed by atoms with van der Waals surface area (Å²) in [5, 5.41) is 3.30. The van der Waals surface area contributed by atoms with Crippen molar-refractivity contribution in [3.63, 3.8) is 0 Å². The van der Waals surface area contributed by atoms with Gasteiger partial charge in [0.05, 0.1) is 0 Å². The predicted molar refractivity (Wildman–Crippen MR) is 80.0 cm³/mol. The van der Waals surface area contributed by atoms with Crippen LogP contribution in [0.4, 0.5) is 0 Å². The van der Waals surface area contributed by atoms with Crippen LogP contribution in [0.2, 0.25) is 0 Å². The van der Waals surface area contributed by atoms with Crippen LogP contribution in [-0.4, -0.2) is 43.1 Å². The second-order valence-electron chi connectivity index (χ2n) is 5.19. The van der Waals surface area contributed by atoms with E-state index in [2.05, 4.69) is 18.3 Å². The van der Waals surface area contributed by atoms with Crippen molar-refractivity contribution < 1.29 is 9.53 Å². The molecule has 0 radical (unpaired) electrons. The van der Waals surface area contributed by atoms with Gasteiger partial charge in [0.15, 0.2) is 6.10 Å². The summed E-state index contributed by atoms with van der Waals surface area (Å²) >= 11 is 0. The lowest BCUT2D eigenvalue weighted by Crippen LogP contribution is -2.42. The summed E-state index contributed by atoms with van der Waals surface area (Å²) < 4.78 is 5.80. The SMILES string of the molecule is CCc1cccc(OC(C)C(=O)N2CCCNCC2)c1. The maximum atomic E-state index is 12.4. The van der Waals surface area contributed by atoms with Crippen molar-refractivity contribution >= 4 is 5.91 Å². The largest absolute Gasteiger partial charge is 0.481 e. The molecule has 2 rings (SSSR count). The number of benzene rings is 1. The second-order valence-corrected chi connectivity index (χ2v) is 5.19. The highest BCUT2D eigenvalue weighted by Gasteiger charge is 2.22. The van der Waals surface area contributed by atoms with Crippen LogP contribution in [0, 0.1) is 0 Å². The van der Waals surface area contributed by atoms with Gasteiger partial charge in [-0.2, -0.15) is 0 Å². The first-order valence-corrected chi connectivity index (χ1v) is 7.46. The normalized spacial score (nSPS) is 17.4. The summed E-state index contributed by atoms with van der Waals surface area (Å²) in [5.41, 5.74) is 1.22. The zero-order chi connectivity index (χ0) is 14.4. The predicted octanol–water partition coefficient (Wildman–Crippen LogP) is 1.84. The van der Waals surface area contributed by atoms with Crippen LogP contribution in [0.25, 0.3) is 0 Å². The number of carbonyl (C=O) groups is 1. The van der Waals surface area contributed by atoms with Crippen molar-refractivity contribution in [1.82, 2.24) is 10.2 Å². The minimum Gasteiger partial charge on any atom is -0.481 e. The molecule has 1 unspecified atom stereocenters. The lowest BCUT2D eigenvalue weighted by Gasteiger charge is -2.24. The van der Waals surface area contributed by atoms with Crippen molar-refractivity contribution in [1.29, 1.82) is 0 Å². The van der Waals surface area contributed by atoms with Crippen molar-refractivity contribution in [2.45, 2.75) is 32.8 Å². The topological polar surface area (TPSA) is 41.6 Å². The highest BCUT2D eigenvalue weighted by Crippen LogP contribution is 2.16. The Morgan fingerprint density at radius 1 is 1.40 bits per heavy atom. The van der Waals surface area contributed by atoms with E-state index in [4.69, 9.17) is 4.74 Å². The van der Waals surface area contributed by atoms with Gasteiger partial charge in [-0.25, -0.2) is 0 Å². The van der Waals surface area contributed by atoms with Crippen molar-refractivity contribution in [2.24, 2.45) is 0 Å². The van der Waals surface area contributed by atoms with E-state index in [0.29, 0.717) is 0 Å². The van der Waals surface area contributed by atoms with Crippen LogP contribution < -0.4 is 10.1 Å². The zero-order valence-electron chi connectivity index (χ0n) is 12.4. The fourth-order valence-corrected chi connectivity index (χ4v) is 2.42. The van der Waals surface area contributed by atoms with Crippen molar-refractivity contribution in [3.8, 4) is 5.75 Å². The molecule has 1 aromatic carbocycles. The molecule has 20 heavy (non-hydrogen) atoms. The monoisotopic (exact) mass is 276 g/mol. The first-order chi connectivity index (χ1) is 9.70. The third-order valence-electron chi connectivity index (χ3n) is 3.62. The average Bonchev–Trinajstić information content (AvgIpc) is 2.75. The van der Waals surface area contributed by atoms with Crippen LogP contribution in [0.15, 0.2) is 24.3 Å². The van der Waals surface area contributed by atoms with Gasteiger partial charge in [0.2, 0.25) is 0 Å². The van der Waals surface area contributed by atoms with Gasteiger partial charge in [-0.3, -0.25) is 4.79 Å². The molecule has 110 valence electrons. The van der Waals surface area contributed by atoms with E-state index in [9.17, 15) is 4.79 Å². The highest BCUT2D eigenvalue weighted by atomic mass is 16.5. The number of hydrogen-bond donors (Lipinski definition) is 1. The van der Waals surface area contributed by atoms with Gasteiger partial charge in [-0.05, 0) is 44.0 Å². The van der Waals surface area contributed by atoms with Crippen molar-refractivity contribution in [3.05, 3.63) is 29.8 Å². The number of ether oxygens (including phenoxy) is 1. The lowest BCUT2D eigenvalue weighted by atomic mass is 10.2. The summed E-state index contributed by atoms with van der Waals surface area (Å²) in [5.74, 6) is 0.855. The lowest BCUT2D eigenvalue weighted by molar-refractivity contribution is -0.137. The summed E-state index contributed by atoms with van der Waals surface area (Å²) in [6.45, 7) is 7.37. The fourth-order valence-electron chi connectivity index (χ4n) is 2.42. The van der Waals surface area contributed by atoms with E-state index in [1.165, 1.54) is 5.56 Å². The Hall–Kier alpha value is -1.55. The summed E-state index contributed by atoms with van der Waals surface area (Å²) in [6.07, 6.45) is 1.54. The van der Waals surface area contributed by atoms with E-state index in [1.54, 1.807) is 0 Å². The molecule has 1 atom stereocenters. The summed E-state index contributed by atoms with van der Waals surface area (Å²) in [6, 6.07) is 7.96. The molecule has 1 heterocycles. The van der Waals surface area contributed by atoms with E-state index in [-0.39, 0.29) is 5.91 Å². The standard InChI is InChI=1S/C16H24N2O2/c1-3-14-6-4-7-15(12-14)20-13(2)16(19)18-10-5-8-17-9-11-18/h4,6-7,12-13,17H,3,5,8-11H2,1-2H3. The molecule has 4 heteroatoms. The van der Waals surface area contributed by atoms with Gasteiger partial charge < -0.3 is 15.0 Å². The Labute approximate surface area is 121 Å². The van der Waals surface area contributed by atoms with Gasteiger partial charge in [-0.15, -0.1) is 0 Å². The Morgan fingerprint density at radius 3 is 3.05 bits per heavy atom. The summed E-state index contributed by atoms with van der Waals surface area (Å²) in [7, 11) is 0. The Bertz CT molecular complexity index is 440. The molecule has 1 aromatic rings. The molecule has 0 aliphatic carbocycles. The van der Waals surface area contributed by atoms with E-state index >= 15 is 0 Å². The molecular weight excluding hydrogens is 252 g/mol. The smallest absolute Gasteiger partial charge is 0.263 e. The third-order valence-corrected chi connectivity index (χ3v) is 3.62. The highest BCUT2D eigenvalue weighted by molar-refractivity contribution is 5.81. The van der Waals surface area contributed by atoms with Gasteiger partial charge in [-0.1, -0.05) is 19.1 Å². The van der Waals surface area contributed by atoms with Crippen molar-refractivity contribution in [2.75, 3.05) is 26.2 Å². The molecule has 4 nitrogen and oxygen atoms in total. The molecule has 0 bridgehead atoms. The number of aryl methyl sites for hydroxylation is 1. The van der Waals surface area contributed by atoms with Crippen LogP contribution in [0.5, 0.6) is 5.75 Å². The molecule has 0 aromatic heterocycles. The maximum Gasteiger partial charge on any atom is 0.263 e. The first-order valence-electron chi connectivity index (χ1n) is 7.46. The minimum absolute atomic E-state index is 0.0793. The second kappa shape index (κ2) is 7.29.